The number of quaternary nitrogens is 1. The zero-order valence-electron chi connectivity index (χ0n) is 15.6. The van der Waals surface area contributed by atoms with Gasteiger partial charge in [-0.1, -0.05) is 6.92 Å². The minimum Gasteiger partial charge on any atom is -0.463 e. The Labute approximate surface area is 164 Å². The highest BCUT2D eigenvalue weighted by molar-refractivity contribution is 7.99. The number of esters is 1. The van der Waals surface area contributed by atoms with Crippen LogP contribution in [0.4, 0.5) is 0 Å². The molecule has 0 aromatic rings. The molecular formula is C14H31NO8PS2+. The summed E-state index contributed by atoms with van der Waals surface area (Å²) in [6.45, 7) is 1.23. The second-order valence-electron chi connectivity index (χ2n) is 6.77. The first-order chi connectivity index (χ1) is 11.9. The normalized spacial score (nSPS) is 18.0. The minimum absolute atomic E-state index is 0.00438. The van der Waals surface area contributed by atoms with Crippen molar-refractivity contribution in [3.63, 3.8) is 0 Å². The number of carbonyl (C=O) groups is 1. The number of nitrogens with zero attached hydrogens (tertiary/aromatic N) is 1. The second kappa shape index (κ2) is 12.6. The Bertz CT molecular complexity index is 463. The van der Waals surface area contributed by atoms with E-state index in [0.717, 1.165) is 0 Å². The number of hydrogen-bond acceptors (Lipinski definition) is 9. The number of aliphatic hydroxyl groups excluding tert-OH is 2. The van der Waals surface area contributed by atoms with Gasteiger partial charge in [0.2, 0.25) is 0 Å². The first kappa shape index (κ1) is 26.2. The molecule has 0 saturated carbocycles. The second-order valence-corrected chi connectivity index (χ2v) is 9.67. The fourth-order valence-corrected chi connectivity index (χ4v) is 3.59. The van der Waals surface area contributed by atoms with E-state index in [-0.39, 0.29) is 31.5 Å². The highest BCUT2D eigenvalue weighted by Gasteiger charge is 2.25. The number of aliphatic hydroxyl groups is 2. The van der Waals surface area contributed by atoms with Crippen LogP contribution in [0.15, 0.2) is 0 Å². The Balaban J connectivity index is 3.95. The number of rotatable bonds is 14. The summed E-state index contributed by atoms with van der Waals surface area (Å²) in [5.74, 6) is -0.0749. The topological polar surface area (TPSA) is 123 Å². The van der Waals surface area contributed by atoms with Gasteiger partial charge in [-0.05, 0) is 0 Å². The smallest absolute Gasteiger partial charge is 0.463 e. The van der Waals surface area contributed by atoms with Gasteiger partial charge in [-0.15, -0.1) is 0 Å². The number of thioether (sulfide) groups is 1. The van der Waals surface area contributed by atoms with Crippen LogP contribution in [0.1, 0.15) is 6.92 Å². The Hall–Kier alpha value is 0.160. The quantitative estimate of drug-likeness (QED) is 0.0763. The third-order valence-corrected chi connectivity index (χ3v) is 5.52. The Morgan fingerprint density at radius 1 is 1.15 bits per heavy atom. The number of ether oxygens (including phenoxy) is 1. The summed E-state index contributed by atoms with van der Waals surface area (Å²) in [7, 11) is 1.19. The first-order valence-corrected chi connectivity index (χ1v) is 11.3. The standard InChI is InChI=1S/C14H30NO8PS2/c1-11(8-26-9-13(17)12(16)7-25)14(18)21-5-6-22-24(19,20)23-10-15(2,3)4/h11-13,16-17H,5-10H2,1-4H3,(H-,19,20,25)/p+1. The molecule has 0 amide bonds. The number of carbonyl (C=O) groups excluding carboxylic acids is 1. The zero-order valence-corrected chi connectivity index (χ0v) is 18.2. The number of hydrogen-bond donors (Lipinski definition) is 4. The molecule has 156 valence electrons. The molecule has 0 aliphatic rings. The monoisotopic (exact) mass is 436 g/mol. The lowest BCUT2D eigenvalue weighted by Gasteiger charge is -2.24. The SMILES string of the molecule is CC(CSCC(O)C(O)CS)C(=O)OCCOP(=O)(O)OC[N+](C)(C)C. The van der Waals surface area contributed by atoms with Crippen molar-refractivity contribution in [3.05, 3.63) is 0 Å². The first-order valence-electron chi connectivity index (χ1n) is 8.01. The van der Waals surface area contributed by atoms with E-state index in [2.05, 4.69) is 12.6 Å². The van der Waals surface area contributed by atoms with Crippen molar-refractivity contribution in [3.8, 4) is 0 Å². The third kappa shape index (κ3) is 13.3. The molecule has 0 aromatic heterocycles. The van der Waals surface area contributed by atoms with Crippen molar-refractivity contribution in [2.45, 2.75) is 19.1 Å². The van der Waals surface area contributed by atoms with Gasteiger partial charge in [-0.2, -0.15) is 24.4 Å². The average molecular weight is 437 g/mol. The molecule has 9 nitrogen and oxygen atoms in total. The Kier molecular flexibility index (Phi) is 12.7. The molecule has 4 atom stereocenters. The maximum Gasteiger partial charge on any atom is 0.476 e. The van der Waals surface area contributed by atoms with Gasteiger partial charge in [0.1, 0.15) is 6.61 Å². The van der Waals surface area contributed by atoms with Gasteiger partial charge in [0.25, 0.3) is 0 Å². The summed E-state index contributed by atoms with van der Waals surface area (Å²) in [5, 5.41) is 19.0. The van der Waals surface area contributed by atoms with Gasteiger partial charge in [-0.25, -0.2) is 9.09 Å². The molecule has 0 fully saturated rings. The Morgan fingerprint density at radius 2 is 1.77 bits per heavy atom. The van der Waals surface area contributed by atoms with Crippen LogP contribution in [0.2, 0.25) is 0 Å². The molecule has 0 spiro atoms. The highest BCUT2D eigenvalue weighted by atomic mass is 32.2. The lowest BCUT2D eigenvalue weighted by Crippen LogP contribution is -2.36. The van der Waals surface area contributed by atoms with Crippen molar-refractivity contribution in [2.75, 3.05) is 58.3 Å². The van der Waals surface area contributed by atoms with Crippen molar-refractivity contribution in [1.82, 2.24) is 0 Å². The van der Waals surface area contributed by atoms with Gasteiger partial charge in [-0.3, -0.25) is 9.32 Å². The van der Waals surface area contributed by atoms with E-state index in [0.29, 0.717) is 10.2 Å². The minimum atomic E-state index is -4.18. The largest absolute Gasteiger partial charge is 0.476 e. The van der Waals surface area contributed by atoms with Gasteiger partial charge in [0.15, 0.2) is 6.73 Å². The van der Waals surface area contributed by atoms with E-state index in [9.17, 15) is 24.5 Å². The van der Waals surface area contributed by atoms with Crippen molar-refractivity contribution in [1.29, 1.82) is 0 Å². The molecule has 3 N–H and O–H groups in total. The van der Waals surface area contributed by atoms with Crippen LogP contribution < -0.4 is 0 Å². The van der Waals surface area contributed by atoms with Crippen molar-refractivity contribution >= 4 is 38.2 Å². The summed E-state index contributed by atoms with van der Waals surface area (Å²) >= 11 is 5.20. The van der Waals surface area contributed by atoms with Crippen LogP contribution in [0.25, 0.3) is 0 Å². The lowest BCUT2D eigenvalue weighted by molar-refractivity contribution is -0.887. The van der Waals surface area contributed by atoms with E-state index in [1.807, 2.05) is 0 Å². The van der Waals surface area contributed by atoms with Crippen LogP contribution in [0, 0.1) is 5.92 Å². The maximum absolute atomic E-state index is 11.8. The third-order valence-electron chi connectivity index (χ3n) is 2.88. The van der Waals surface area contributed by atoms with Crippen LogP contribution in [0.5, 0.6) is 0 Å². The van der Waals surface area contributed by atoms with E-state index in [1.165, 1.54) is 11.8 Å². The van der Waals surface area contributed by atoms with Crippen molar-refractivity contribution < 1.29 is 42.7 Å². The highest BCUT2D eigenvalue weighted by Crippen LogP contribution is 2.43. The summed E-state index contributed by atoms with van der Waals surface area (Å²) < 4.78 is 26.5. The lowest BCUT2D eigenvalue weighted by atomic mass is 10.2. The molecule has 0 aliphatic heterocycles. The molecule has 12 heteroatoms. The summed E-state index contributed by atoms with van der Waals surface area (Å²) in [4.78, 5) is 21.3. The van der Waals surface area contributed by atoms with Gasteiger partial charge in [0, 0.05) is 17.3 Å². The van der Waals surface area contributed by atoms with E-state index >= 15 is 0 Å². The van der Waals surface area contributed by atoms with Crippen LogP contribution in [-0.4, -0.2) is 96.1 Å². The summed E-state index contributed by atoms with van der Waals surface area (Å²) in [6.07, 6.45) is -1.81. The maximum atomic E-state index is 11.8. The molecule has 0 aromatic carbocycles. The molecular weight excluding hydrogens is 405 g/mol. The van der Waals surface area contributed by atoms with Gasteiger partial charge >= 0.3 is 13.8 Å². The molecule has 0 rings (SSSR count). The molecule has 0 bridgehead atoms. The molecule has 4 unspecified atom stereocenters. The Morgan fingerprint density at radius 3 is 2.31 bits per heavy atom. The average Bonchev–Trinajstić information content (AvgIpc) is 2.55. The van der Waals surface area contributed by atoms with Crippen molar-refractivity contribution in [2.24, 2.45) is 5.92 Å². The van der Waals surface area contributed by atoms with E-state index in [1.54, 1.807) is 28.1 Å². The number of phosphoric acid groups is 1. The molecule has 0 aliphatic carbocycles. The predicted octanol–water partition coefficient (Wildman–Crippen LogP) is 0.348. The fraction of sp³-hybridized carbons (Fsp3) is 0.929. The summed E-state index contributed by atoms with van der Waals surface area (Å²) in [6, 6.07) is 0. The van der Waals surface area contributed by atoms with Gasteiger partial charge < -0.3 is 24.3 Å². The molecule has 0 saturated heterocycles. The molecule has 26 heavy (non-hydrogen) atoms. The van der Waals surface area contributed by atoms with Crippen LogP contribution in [-0.2, 0) is 23.1 Å². The predicted molar refractivity (Wildman–Crippen MR) is 103 cm³/mol. The molecule has 0 radical (unpaired) electrons. The molecule has 0 heterocycles. The fourth-order valence-electron chi connectivity index (χ4n) is 1.39. The van der Waals surface area contributed by atoms with E-state index in [4.69, 9.17) is 13.8 Å². The zero-order chi connectivity index (χ0) is 20.4. The number of thiol groups is 1. The van der Waals surface area contributed by atoms with E-state index < -0.39 is 31.9 Å². The number of phosphoric ester groups is 1. The van der Waals surface area contributed by atoms with Gasteiger partial charge in [0.05, 0.1) is 45.9 Å². The van der Waals surface area contributed by atoms with Crippen LogP contribution in [0.3, 0.4) is 0 Å². The summed E-state index contributed by atoms with van der Waals surface area (Å²) in [5.41, 5.74) is 0. The van der Waals surface area contributed by atoms with Crippen LogP contribution >= 0.6 is 32.2 Å².